The van der Waals surface area contributed by atoms with Crippen LogP contribution < -0.4 is 10.2 Å². The zero-order chi connectivity index (χ0) is 20.1. The van der Waals surface area contributed by atoms with Gasteiger partial charge < -0.3 is 10.2 Å². The average Bonchev–Trinajstić information content (AvgIpc) is 2.69. The molecule has 0 aliphatic carbocycles. The van der Waals surface area contributed by atoms with Crippen molar-refractivity contribution in [3.05, 3.63) is 88.4 Å². The van der Waals surface area contributed by atoms with Gasteiger partial charge >= 0.3 is 0 Å². The van der Waals surface area contributed by atoms with E-state index >= 15 is 0 Å². The van der Waals surface area contributed by atoms with Crippen LogP contribution in [0.3, 0.4) is 0 Å². The summed E-state index contributed by atoms with van der Waals surface area (Å²) in [5, 5.41) is 3.76. The highest BCUT2D eigenvalue weighted by atomic mass is 35.5. The quantitative estimate of drug-likeness (QED) is 0.572. The molecule has 1 heterocycles. The van der Waals surface area contributed by atoms with Crippen LogP contribution in [0, 0.1) is 5.82 Å². The molecule has 3 aromatic rings. The van der Waals surface area contributed by atoms with Gasteiger partial charge in [0.2, 0.25) is 5.91 Å². The Kier molecular flexibility index (Phi) is 6.49. The number of anilines is 2. The Morgan fingerprint density at radius 2 is 1.79 bits per heavy atom. The molecule has 3 rings (SSSR count). The van der Waals surface area contributed by atoms with E-state index in [0.29, 0.717) is 22.3 Å². The highest BCUT2D eigenvalue weighted by Gasteiger charge is 2.21. The van der Waals surface area contributed by atoms with Gasteiger partial charge in [-0.05, 0) is 42.0 Å². The number of nitrogens with zero attached hydrogens (tertiary/aromatic N) is 2. The lowest BCUT2D eigenvalue weighted by Crippen LogP contribution is -2.35. The Hall–Kier alpha value is -2.63. The van der Waals surface area contributed by atoms with Crippen LogP contribution in [0.1, 0.15) is 18.5 Å². The molecule has 2 aromatic carbocycles. The van der Waals surface area contributed by atoms with E-state index in [2.05, 4.69) is 10.3 Å². The molecule has 1 atom stereocenters. The van der Waals surface area contributed by atoms with Gasteiger partial charge in [0.15, 0.2) is 0 Å². The van der Waals surface area contributed by atoms with Crippen molar-refractivity contribution in [3.63, 3.8) is 0 Å². The van der Waals surface area contributed by atoms with Crippen molar-refractivity contribution in [3.8, 4) is 0 Å². The number of hydrogen-bond donors (Lipinski definition) is 1. The maximum atomic E-state index is 13.4. The van der Waals surface area contributed by atoms with Gasteiger partial charge in [0, 0.05) is 31.5 Å². The first-order valence-corrected chi connectivity index (χ1v) is 9.35. The number of nitrogens with one attached hydrogen (secondary N) is 1. The molecule has 7 heteroatoms. The Bertz CT molecular complexity index is 952. The minimum atomic E-state index is -0.402. The van der Waals surface area contributed by atoms with E-state index in [-0.39, 0.29) is 11.7 Å². The second-order valence-corrected chi connectivity index (χ2v) is 6.98. The maximum absolute atomic E-state index is 13.4. The number of carbonyl (C=O) groups is 1. The van der Waals surface area contributed by atoms with Gasteiger partial charge in [-0.15, -0.1) is 0 Å². The first kappa shape index (κ1) is 20.1. The molecule has 1 aromatic heterocycles. The van der Waals surface area contributed by atoms with E-state index < -0.39 is 6.04 Å². The maximum Gasteiger partial charge on any atom is 0.217 e. The van der Waals surface area contributed by atoms with Crippen LogP contribution in [0.5, 0.6) is 0 Å². The van der Waals surface area contributed by atoms with E-state index in [1.807, 2.05) is 29.2 Å². The lowest BCUT2D eigenvalue weighted by atomic mass is 10.1. The van der Waals surface area contributed by atoms with E-state index in [4.69, 9.17) is 23.2 Å². The first-order chi connectivity index (χ1) is 13.5. The molecule has 1 amide bonds. The van der Waals surface area contributed by atoms with E-state index in [1.54, 1.807) is 30.6 Å². The number of carbonyl (C=O) groups excluding carboxylic acids is 1. The van der Waals surface area contributed by atoms with Crippen LogP contribution in [0.25, 0.3) is 0 Å². The van der Waals surface area contributed by atoms with Gasteiger partial charge in [-0.2, -0.15) is 0 Å². The van der Waals surface area contributed by atoms with Gasteiger partial charge in [-0.1, -0.05) is 41.4 Å². The third kappa shape index (κ3) is 4.80. The Morgan fingerprint density at radius 1 is 1.11 bits per heavy atom. The number of pyridine rings is 1. The molecule has 0 bridgehead atoms. The highest BCUT2D eigenvalue weighted by molar-refractivity contribution is 6.43. The molecule has 0 saturated heterocycles. The van der Waals surface area contributed by atoms with Crippen LogP contribution in [0.15, 0.2) is 67.0 Å². The van der Waals surface area contributed by atoms with Gasteiger partial charge in [0.1, 0.15) is 5.82 Å². The van der Waals surface area contributed by atoms with Crippen molar-refractivity contribution in [1.82, 2.24) is 10.3 Å². The molecule has 0 aliphatic heterocycles. The topological polar surface area (TPSA) is 45.2 Å². The summed E-state index contributed by atoms with van der Waals surface area (Å²) >= 11 is 12.7. The summed E-state index contributed by atoms with van der Waals surface area (Å²) in [5.41, 5.74) is 2.29. The standard InChI is InChI=1S/C21H18Cl2FN3O/c1-14(28)26-19(15-5-7-16(24)8-6-15)13-27(17-9-11-25-12-10-17)20-4-2-3-18(22)21(20)23/h2-12,19H,13H2,1H3,(H,26,28). The van der Waals surface area contributed by atoms with Crippen LogP contribution >= 0.6 is 23.2 Å². The van der Waals surface area contributed by atoms with Gasteiger partial charge in [0.05, 0.1) is 21.8 Å². The van der Waals surface area contributed by atoms with Crippen LogP contribution in [0.4, 0.5) is 15.8 Å². The smallest absolute Gasteiger partial charge is 0.217 e. The second kappa shape index (κ2) is 9.04. The normalized spacial score (nSPS) is 11.7. The zero-order valence-corrected chi connectivity index (χ0v) is 16.6. The van der Waals surface area contributed by atoms with E-state index in [1.165, 1.54) is 19.1 Å². The van der Waals surface area contributed by atoms with Crippen molar-refractivity contribution in [2.45, 2.75) is 13.0 Å². The molecule has 0 radical (unpaired) electrons. The lowest BCUT2D eigenvalue weighted by molar-refractivity contribution is -0.119. The summed E-state index contributed by atoms with van der Waals surface area (Å²) in [6.45, 7) is 1.80. The Labute approximate surface area is 172 Å². The summed E-state index contributed by atoms with van der Waals surface area (Å²) in [6.07, 6.45) is 3.35. The van der Waals surface area contributed by atoms with E-state index in [0.717, 1.165) is 11.3 Å². The van der Waals surface area contributed by atoms with Crippen molar-refractivity contribution >= 4 is 40.5 Å². The molecular formula is C21H18Cl2FN3O. The fraction of sp³-hybridized carbons (Fsp3) is 0.143. The summed E-state index contributed by atoms with van der Waals surface area (Å²) < 4.78 is 13.4. The molecule has 144 valence electrons. The molecule has 0 spiro atoms. The molecule has 28 heavy (non-hydrogen) atoms. The van der Waals surface area contributed by atoms with Gasteiger partial charge in [0.25, 0.3) is 0 Å². The number of benzene rings is 2. The van der Waals surface area contributed by atoms with Crippen molar-refractivity contribution < 1.29 is 9.18 Å². The van der Waals surface area contributed by atoms with Crippen LogP contribution in [0.2, 0.25) is 10.0 Å². The Morgan fingerprint density at radius 3 is 2.43 bits per heavy atom. The third-order valence-electron chi connectivity index (χ3n) is 4.21. The van der Waals surface area contributed by atoms with Crippen molar-refractivity contribution in [2.24, 2.45) is 0 Å². The van der Waals surface area contributed by atoms with Gasteiger partial charge in [-0.3, -0.25) is 9.78 Å². The molecule has 0 aliphatic rings. The number of rotatable bonds is 6. The predicted octanol–water partition coefficient (Wildman–Crippen LogP) is 5.54. The lowest BCUT2D eigenvalue weighted by Gasteiger charge is -2.31. The number of aromatic nitrogens is 1. The minimum Gasteiger partial charge on any atom is -0.348 e. The Balaban J connectivity index is 2.04. The summed E-state index contributed by atoms with van der Waals surface area (Å²) in [6, 6.07) is 14.7. The summed E-state index contributed by atoms with van der Waals surface area (Å²) in [7, 11) is 0. The van der Waals surface area contributed by atoms with Crippen molar-refractivity contribution in [1.29, 1.82) is 0 Å². The predicted molar refractivity (Wildman–Crippen MR) is 111 cm³/mol. The molecule has 0 fully saturated rings. The van der Waals surface area contributed by atoms with Crippen LogP contribution in [-0.4, -0.2) is 17.4 Å². The largest absolute Gasteiger partial charge is 0.348 e. The number of halogens is 3. The zero-order valence-electron chi connectivity index (χ0n) is 15.1. The monoisotopic (exact) mass is 417 g/mol. The second-order valence-electron chi connectivity index (χ2n) is 6.19. The SMILES string of the molecule is CC(=O)NC(CN(c1ccncc1)c1cccc(Cl)c1Cl)c1ccc(F)cc1. The number of hydrogen-bond acceptors (Lipinski definition) is 3. The van der Waals surface area contributed by atoms with Crippen molar-refractivity contribution in [2.75, 3.05) is 11.4 Å². The fourth-order valence-electron chi connectivity index (χ4n) is 2.93. The molecular weight excluding hydrogens is 400 g/mol. The van der Waals surface area contributed by atoms with Gasteiger partial charge in [-0.25, -0.2) is 4.39 Å². The summed E-state index contributed by atoms with van der Waals surface area (Å²) in [5.74, 6) is -0.532. The summed E-state index contributed by atoms with van der Waals surface area (Å²) in [4.78, 5) is 17.8. The van der Waals surface area contributed by atoms with Crippen LogP contribution in [-0.2, 0) is 4.79 Å². The average molecular weight is 418 g/mol. The fourth-order valence-corrected chi connectivity index (χ4v) is 3.32. The van der Waals surface area contributed by atoms with E-state index in [9.17, 15) is 9.18 Å². The molecule has 1 N–H and O–H groups in total. The minimum absolute atomic E-state index is 0.193. The molecule has 1 unspecified atom stereocenters. The first-order valence-electron chi connectivity index (χ1n) is 8.60. The highest BCUT2D eigenvalue weighted by Crippen LogP contribution is 2.37. The third-order valence-corrected chi connectivity index (χ3v) is 5.02. The molecule has 0 saturated carbocycles. The molecule has 4 nitrogen and oxygen atoms in total. The number of amides is 1.